The summed E-state index contributed by atoms with van der Waals surface area (Å²) < 4.78 is 15.1. The Bertz CT molecular complexity index is 1180. The zero-order chi connectivity index (χ0) is 24.4. The molecule has 0 atom stereocenters. The van der Waals surface area contributed by atoms with Gasteiger partial charge >= 0.3 is 0 Å². The van der Waals surface area contributed by atoms with Crippen LogP contribution in [-0.2, 0) is 0 Å². The first-order valence-electron chi connectivity index (χ1n) is 11.2. The van der Waals surface area contributed by atoms with Crippen LogP contribution in [0.4, 0.5) is 27.7 Å². The van der Waals surface area contributed by atoms with Crippen LogP contribution >= 0.6 is 11.6 Å². The summed E-state index contributed by atoms with van der Waals surface area (Å²) in [6, 6.07) is 5.28. The van der Waals surface area contributed by atoms with Crippen molar-refractivity contribution in [2.24, 2.45) is 0 Å². The smallest absolute Gasteiger partial charge is 0.229 e. The highest BCUT2D eigenvalue weighted by atomic mass is 35.5. The number of nitrogens with one attached hydrogen (secondary N) is 3. The molecule has 1 saturated heterocycles. The van der Waals surface area contributed by atoms with E-state index in [0.29, 0.717) is 28.3 Å². The topological polar surface area (TPSA) is 85.0 Å². The summed E-state index contributed by atoms with van der Waals surface area (Å²) in [4.78, 5) is 12.9. The maximum atomic E-state index is 15.1. The van der Waals surface area contributed by atoms with Gasteiger partial charge in [-0.05, 0) is 55.9 Å². The molecule has 1 aliphatic heterocycles. The fourth-order valence-corrected chi connectivity index (χ4v) is 4.34. The second-order valence-electron chi connectivity index (χ2n) is 8.84. The summed E-state index contributed by atoms with van der Waals surface area (Å²) in [6.45, 7) is 9.88. The van der Waals surface area contributed by atoms with E-state index in [1.54, 1.807) is 6.07 Å². The summed E-state index contributed by atoms with van der Waals surface area (Å²) in [7, 11) is 4.00. The molecular weight excluding hydrogens is 455 g/mol. The average molecular weight is 485 g/mol. The van der Waals surface area contributed by atoms with E-state index in [2.05, 4.69) is 42.3 Å². The lowest BCUT2D eigenvalue weighted by molar-refractivity contribution is 0.209. The van der Waals surface area contributed by atoms with Crippen LogP contribution in [0.1, 0.15) is 35.6 Å². The zero-order valence-electron chi connectivity index (χ0n) is 19.9. The number of halogens is 2. The number of H-pyrrole nitrogens is 1. The molecule has 2 aromatic heterocycles. The third-order valence-corrected chi connectivity index (χ3v) is 6.39. The molecule has 8 nitrogen and oxygen atoms in total. The van der Waals surface area contributed by atoms with Crippen molar-refractivity contribution in [3.63, 3.8) is 0 Å². The molecule has 3 heterocycles. The average Bonchev–Trinajstić information content (AvgIpc) is 3.22. The highest BCUT2D eigenvalue weighted by Crippen LogP contribution is 2.34. The number of anilines is 4. The van der Waals surface area contributed by atoms with Crippen LogP contribution in [0.2, 0.25) is 5.02 Å². The van der Waals surface area contributed by atoms with Gasteiger partial charge in [0.25, 0.3) is 0 Å². The Morgan fingerprint density at radius 1 is 1.21 bits per heavy atom. The van der Waals surface area contributed by atoms with Crippen molar-refractivity contribution in [2.45, 2.75) is 32.6 Å². The molecule has 1 aliphatic rings. The summed E-state index contributed by atoms with van der Waals surface area (Å²) >= 11 is 6.23. The summed E-state index contributed by atoms with van der Waals surface area (Å²) in [6.07, 6.45) is 3.39. The molecule has 0 radical (unpaired) electrons. The number of aryl methyl sites for hydroxylation is 2. The van der Waals surface area contributed by atoms with Crippen LogP contribution in [0.25, 0.3) is 0 Å². The van der Waals surface area contributed by atoms with Crippen molar-refractivity contribution >= 4 is 34.9 Å². The van der Waals surface area contributed by atoms with Gasteiger partial charge in [-0.15, -0.1) is 0 Å². The van der Waals surface area contributed by atoms with Gasteiger partial charge in [0.05, 0.1) is 17.7 Å². The van der Waals surface area contributed by atoms with E-state index >= 15 is 4.39 Å². The molecule has 0 saturated carbocycles. The third kappa shape index (κ3) is 5.25. The molecule has 180 valence electrons. The van der Waals surface area contributed by atoms with Crippen LogP contribution < -0.4 is 10.6 Å². The highest BCUT2D eigenvalue weighted by Gasteiger charge is 2.24. The largest absolute Gasteiger partial charge is 0.365 e. The summed E-state index contributed by atoms with van der Waals surface area (Å²) in [5.41, 5.74) is 3.31. The minimum absolute atomic E-state index is 0.237. The van der Waals surface area contributed by atoms with E-state index in [1.165, 1.54) is 6.20 Å². The van der Waals surface area contributed by atoms with Crippen LogP contribution in [0.3, 0.4) is 0 Å². The van der Waals surface area contributed by atoms with E-state index in [0.717, 1.165) is 48.6 Å². The van der Waals surface area contributed by atoms with Crippen LogP contribution in [-0.4, -0.2) is 57.1 Å². The molecular formula is C24H30ClFN8. The van der Waals surface area contributed by atoms with Gasteiger partial charge in [-0.3, -0.25) is 5.10 Å². The van der Waals surface area contributed by atoms with Crippen molar-refractivity contribution in [1.82, 2.24) is 30.0 Å². The fourth-order valence-electron chi connectivity index (χ4n) is 4.20. The molecule has 4 rings (SSSR count). The number of benzene rings is 1. The van der Waals surface area contributed by atoms with Gasteiger partial charge in [0.15, 0.2) is 11.6 Å². The standard InChI is InChI=1S/C24H30ClFN8/c1-14-10-21(20(26)12-18(14)17-6-8-34(9-7-17)16(3)33(4)5)28-24-27-13-19(25)23(30-24)29-22-11-15(2)31-32-22/h10-13,17H,3,6-9H2,1-2,4-5H3,(H3,27,28,29,30,31,32). The van der Waals surface area contributed by atoms with Gasteiger partial charge < -0.3 is 20.4 Å². The first-order chi connectivity index (χ1) is 16.2. The van der Waals surface area contributed by atoms with E-state index in [1.807, 2.05) is 45.0 Å². The van der Waals surface area contributed by atoms with Crippen molar-refractivity contribution in [3.05, 3.63) is 64.5 Å². The number of aromatic amines is 1. The van der Waals surface area contributed by atoms with E-state index in [9.17, 15) is 0 Å². The number of hydrogen-bond donors (Lipinski definition) is 3. The van der Waals surface area contributed by atoms with Crippen molar-refractivity contribution < 1.29 is 4.39 Å². The minimum Gasteiger partial charge on any atom is -0.365 e. The summed E-state index contributed by atoms with van der Waals surface area (Å²) in [5.74, 6) is 2.19. The molecule has 3 aromatic rings. The molecule has 10 heteroatoms. The Morgan fingerprint density at radius 2 is 1.94 bits per heavy atom. The van der Waals surface area contributed by atoms with Crippen LogP contribution in [0.5, 0.6) is 0 Å². The van der Waals surface area contributed by atoms with Crippen molar-refractivity contribution in [3.8, 4) is 0 Å². The van der Waals surface area contributed by atoms with Crippen LogP contribution in [0.15, 0.2) is 36.8 Å². The second-order valence-corrected chi connectivity index (χ2v) is 9.24. The summed E-state index contributed by atoms with van der Waals surface area (Å²) in [5, 5.41) is 13.3. The van der Waals surface area contributed by atoms with Crippen molar-refractivity contribution in [1.29, 1.82) is 0 Å². The fraction of sp³-hybridized carbons (Fsp3) is 0.375. The van der Waals surface area contributed by atoms with Gasteiger partial charge in [0, 0.05) is 38.9 Å². The number of likely N-dealkylation sites (tertiary alicyclic amines) is 1. The maximum Gasteiger partial charge on any atom is 0.229 e. The maximum absolute atomic E-state index is 15.1. The molecule has 1 aromatic carbocycles. The number of aromatic nitrogens is 4. The number of nitrogens with zero attached hydrogens (tertiary/aromatic N) is 5. The molecule has 0 spiro atoms. The van der Waals surface area contributed by atoms with Gasteiger partial charge in [0.2, 0.25) is 5.95 Å². The lowest BCUT2D eigenvalue weighted by atomic mass is 9.86. The second kappa shape index (κ2) is 9.89. The number of piperidine rings is 1. The first kappa shape index (κ1) is 23.8. The lowest BCUT2D eigenvalue weighted by Gasteiger charge is -2.37. The number of rotatable bonds is 7. The molecule has 0 unspecified atom stereocenters. The monoisotopic (exact) mass is 484 g/mol. The SMILES string of the molecule is C=C(N(C)C)N1CCC(c2cc(F)c(Nc3ncc(Cl)c(Nc4cc(C)[nH]n4)n3)cc2C)CC1. The Kier molecular flexibility index (Phi) is 6.92. The van der Waals surface area contributed by atoms with E-state index < -0.39 is 0 Å². The zero-order valence-corrected chi connectivity index (χ0v) is 20.7. The Morgan fingerprint density at radius 3 is 2.59 bits per heavy atom. The molecule has 0 amide bonds. The minimum atomic E-state index is -0.336. The molecule has 1 fully saturated rings. The van der Waals surface area contributed by atoms with Gasteiger partial charge in [-0.2, -0.15) is 10.1 Å². The predicted octanol–water partition coefficient (Wildman–Crippen LogP) is 5.31. The van der Waals surface area contributed by atoms with Gasteiger partial charge in [0.1, 0.15) is 10.8 Å². The Hall–Kier alpha value is -3.33. The number of hydrogen-bond acceptors (Lipinski definition) is 7. The Labute approximate surface area is 204 Å². The van der Waals surface area contributed by atoms with Crippen LogP contribution in [0, 0.1) is 19.7 Å². The van der Waals surface area contributed by atoms with E-state index in [4.69, 9.17) is 11.6 Å². The first-order valence-corrected chi connectivity index (χ1v) is 11.6. The predicted molar refractivity (Wildman–Crippen MR) is 134 cm³/mol. The normalized spacial score (nSPS) is 14.2. The quantitative estimate of drug-likeness (QED) is 0.419. The third-order valence-electron chi connectivity index (χ3n) is 6.11. The van der Waals surface area contributed by atoms with Crippen molar-refractivity contribution in [2.75, 3.05) is 37.8 Å². The molecule has 3 N–H and O–H groups in total. The lowest BCUT2D eigenvalue weighted by Crippen LogP contribution is -2.36. The molecule has 0 bridgehead atoms. The van der Waals surface area contributed by atoms with Gasteiger partial charge in [-0.25, -0.2) is 9.37 Å². The van der Waals surface area contributed by atoms with Gasteiger partial charge in [-0.1, -0.05) is 18.2 Å². The highest BCUT2D eigenvalue weighted by molar-refractivity contribution is 6.32. The molecule has 34 heavy (non-hydrogen) atoms. The van der Waals surface area contributed by atoms with E-state index in [-0.39, 0.29) is 11.8 Å². The Balaban J connectivity index is 1.48. The molecule has 0 aliphatic carbocycles.